The Morgan fingerprint density at radius 2 is 2.30 bits per heavy atom. The van der Waals surface area contributed by atoms with Crippen molar-refractivity contribution in [2.45, 2.75) is 19.9 Å². The summed E-state index contributed by atoms with van der Waals surface area (Å²) in [5.41, 5.74) is 0.392. The molecule has 3 N–H and O–H groups in total. The second-order valence-corrected chi connectivity index (χ2v) is 4.56. The van der Waals surface area contributed by atoms with Gasteiger partial charge in [0.2, 0.25) is 0 Å². The first-order valence-corrected chi connectivity index (χ1v) is 6.55. The molecular weight excluding hydrogens is 280 g/mol. The van der Waals surface area contributed by atoms with Crippen molar-refractivity contribution in [1.82, 2.24) is 25.5 Å². The highest BCUT2D eigenvalue weighted by Crippen LogP contribution is 2.20. The van der Waals surface area contributed by atoms with Crippen molar-refractivity contribution >= 4 is 23.3 Å². The first-order valence-electron chi connectivity index (χ1n) is 6.17. The Morgan fingerprint density at radius 3 is 2.90 bits per heavy atom. The standard InChI is InChI=1S/C12H15ClN6O/c1-3-14-11-9(13)4-8(5-15-11)12(20)18-7(2)10-16-6-17-19-10/h4-7H,3H2,1-2H3,(H,14,15)(H,18,20)(H,16,17,19). The number of amides is 1. The molecule has 2 aromatic heterocycles. The molecule has 1 atom stereocenters. The van der Waals surface area contributed by atoms with Gasteiger partial charge in [-0.15, -0.1) is 0 Å². The highest BCUT2D eigenvalue weighted by Gasteiger charge is 2.15. The molecule has 0 aromatic carbocycles. The maximum Gasteiger partial charge on any atom is 0.253 e. The Labute approximate surface area is 121 Å². The number of nitrogens with zero attached hydrogens (tertiary/aromatic N) is 3. The molecule has 106 valence electrons. The minimum atomic E-state index is -0.280. The molecule has 0 saturated heterocycles. The van der Waals surface area contributed by atoms with Gasteiger partial charge in [-0.1, -0.05) is 11.6 Å². The summed E-state index contributed by atoms with van der Waals surface area (Å²) in [4.78, 5) is 20.2. The third-order valence-electron chi connectivity index (χ3n) is 2.64. The molecule has 7 nitrogen and oxygen atoms in total. The lowest BCUT2D eigenvalue weighted by atomic mass is 10.2. The summed E-state index contributed by atoms with van der Waals surface area (Å²) in [7, 11) is 0. The normalized spacial score (nSPS) is 11.9. The van der Waals surface area contributed by atoms with E-state index in [1.807, 2.05) is 6.92 Å². The number of H-pyrrole nitrogens is 1. The second kappa shape index (κ2) is 6.33. The van der Waals surface area contributed by atoms with Gasteiger partial charge in [0.05, 0.1) is 16.6 Å². The second-order valence-electron chi connectivity index (χ2n) is 4.15. The van der Waals surface area contributed by atoms with Gasteiger partial charge >= 0.3 is 0 Å². The molecule has 0 bridgehead atoms. The van der Waals surface area contributed by atoms with Crippen LogP contribution in [0.5, 0.6) is 0 Å². The largest absolute Gasteiger partial charge is 0.369 e. The van der Waals surface area contributed by atoms with Gasteiger partial charge in [0.15, 0.2) is 0 Å². The molecule has 2 aromatic rings. The molecule has 0 aliphatic carbocycles. The van der Waals surface area contributed by atoms with E-state index in [1.54, 1.807) is 13.0 Å². The van der Waals surface area contributed by atoms with Gasteiger partial charge in [0.25, 0.3) is 5.91 Å². The average Bonchev–Trinajstić information content (AvgIpc) is 2.95. The van der Waals surface area contributed by atoms with E-state index in [4.69, 9.17) is 11.6 Å². The maximum absolute atomic E-state index is 12.1. The quantitative estimate of drug-likeness (QED) is 0.781. The van der Waals surface area contributed by atoms with Gasteiger partial charge in [0.1, 0.15) is 18.0 Å². The number of hydrogen-bond acceptors (Lipinski definition) is 5. The van der Waals surface area contributed by atoms with Crippen LogP contribution in [0.1, 0.15) is 36.1 Å². The summed E-state index contributed by atoms with van der Waals surface area (Å²) in [6.07, 6.45) is 2.87. The van der Waals surface area contributed by atoms with E-state index in [9.17, 15) is 4.79 Å². The van der Waals surface area contributed by atoms with Crippen LogP contribution in [-0.4, -0.2) is 32.6 Å². The molecule has 0 saturated carbocycles. The van der Waals surface area contributed by atoms with E-state index >= 15 is 0 Å². The SMILES string of the molecule is CCNc1ncc(C(=O)NC(C)c2ncn[nH]2)cc1Cl. The number of aromatic amines is 1. The zero-order valence-corrected chi connectivity index (χ0v) is 11.9. The lowest BCUT2D eigenvalue weighted by Crippen LogP contribution is -2.27. The van der Waals surface area contributed by atoms with Crippen LogP contribution in [0.2, 0.25) is 5.02 Å². The van der Waals surface area contributed by atoms with Gasteiger partial charge < -0.3 is 10.6 Å². The fourth-order valence-electron chi connectivity index (χ4n) is 1.63. The summed E-state index contributed by atoms with van der Waals surface area (Å²) >= 11 is 6.05. The smallest absolute Gasteiger partial charge is 0.253 e. The summed E-state index contributed by atoms with van der Waals surface area (Å²) in [6, 6.07) is 1.30. The van der Waals surface area contributed by atoms with Gasteiger partial charge in [-0.05, 0) is 19.9 Å². The van der Waals surface area contributed by atoms with Gasteiger partial charge in [-0.25, -0.2) is 9.97 Å². The number of carbonyl (C=O) groups excluding carboxylic acids is 1. The van der Waals surface area contributed by atoms with Crippen molar-refractivity contribution in [2.75, 3.05) is 11.9 Å². The molecular formula is C12H15ClN6O. The monoisotopic (exact) mass is 294 g/mol. The highest BCUT2D eigenvalue weighted by molar-refractivity contribution is 6.33. The van der Waals surface area contributed by atoms with E-state index in [2.05, 4.69) is 30.8 Å². The molecule has 0 aliphatic heterocycles. The molecule has 0 fully saturated rings. The Morgan fingerprint density at radius 1 is 1.50 bits per heavy atom. The van der Waals surface area contributed by atoms with Gasteiger partial charge in [0, 0.05) is 12.7 Å². The van der Waals surface area contributed by atoms with Gasteiger partial charge in [-0.2, -0.15) is 5.10 Å². The molecule has 0 radical (unpaired) electrons. The predicted molar refractivity (Wildman–Crippen MR) is 75.7 cm³/mol. The summed E-state index contributed by atoms with van der Waals surface area (Å²) in [5, 5.41) is 12.6. The molecule has 20 heavy (non-hydrogen) atoms. The van der Waals surface area contributed by atoms with Crippen LogP contribution in [-0.2, 0) is 0 Å². The number of halogens is 1. The zero-order valence-electron chi connectivity index (χ0n) is 11.1. The Bertz CT molecular complexity index is 586. The van der Waals surface area contributed by atoms with E-state index < -0.39 is 0 Å². The summed E-state index contributed by atoms with van der Waals surface area (Å²) < 4.78 is 0. The molecule has 2 rings (SSSR count). The topological polar surface area (TPSA) is 95.6 Å². The minimum Gasteiger partial charge on any atom is -0.369 e. The fourth-order valence-corrected chi connectivity index (χ4v) is 1.86. The number of rotatable bonds is 5. The van der Waals surface area contributed by atoms with E-state index in [1.165, 1.54) is 12.5 Å². The number of carbonyl (C=O) groups is 1. The molecule has 1 amide bonds. The third kappa shape index (κ3) is 3.24. The number of aromatic nitrogens is 4. The minimum absolute atomic E-state index is 0.272. The van der Waals surface area contributed by atoms with Crippen molar-refractivity contribution < 1.29 is 4.79 Å². The Kier molecular flexibility index (Phi) is 4.52. The van der Waals surface area contributed by atoms with Crippen LogP contribution in [0.25, 0.3) is 0 Å². The van der Waals surface area contributed by atoms with Crippen molar-refractivity contribution in [3.63, 3.8) is 0 Å². The van der Waals surface area contributed by atoms with E-state index in [0.29, 0.717) is 28.8 Å². The number of anilines is 1. The summed E-state index contributed by atoms with van der Waals surface area (Å²) in [5.74, 6) is 0.877. The van der Waals surface area contributed by atoms with Crippen LogP contribution in [0.3, 0.4) is 0 Å². The number of nitrogens with one attached hydrogen (secondary N) is 3. The first-order chi connectivity index (χ1) is 9.61. The van der Waals surface area contributed by atoms with Crippen molar-refractivity contribution in [1.29, 1.82) is 0 Å². The third-order valence-corrected chi connectivity index (χ3v) is 2.93. The highest BCUT2D eigenvalue weighted by atomic mass is 35.5. The molecule has 0 aliphatic rings. The van der Waals surface area contributed by atoms with Crippen LogP contribution in [0.15, 0.2) is 18.6 Å². The number of pyridine rings is 1. The molecule has 1 unspecified atom stereocenters. The van der Waals surface area contributed by atoms with Crippen molar-refractivity contribution in [2.24, 2.45) is 0 Å². The lowest BCUT2D eigenvalue weighted by molar-refractivity contribution is 0.0938. The van der Waals surface area contributed by atoms with Crippen LogP contribution in [0, 0.1) is 0 Å². The lowest BCUT2D eigenvalue weighted by Gasteiger charge is -2.12. The van der Waals surface area contributed by atoms with Crippen LogP contribution < -0.4 is 10.6 Å². The molecule has 0 spiro atoms. The van der Waals surface area contributed by atoms with Crippen LogP contribution in [0.4, 0.5) is 5.82 Å². The Hall–Kier alpha value is -2.15. The molecule has 2 heterocycles. The van der Waals surface area contributed by atoms with E-state index in [0.717, 1.165) is 0 Å². The van der Waals surface area contributed by atoms with Crippen LogP contribution >= 0.6 is 11.6 Å². The van der Waals surface area contributed by atoms with Crippen molar-refractivity contribution in [3.05, 3.63) is 35.0 Å². The zero-order chi connectivity index (χ0) is 14.5. The predicted octanol–water partition coefficient (Wildman–Crippen LogP) is 1.78. The Balaban J connectivity index is 2.07. The first kappa shape index (κ1) is 14.3. The molecule has 8 heteroatoms. The van der Waals surface area contributed by atoms with Gasteiger partial charge in [-0.3, -0.25) is 9.89 Å². The fraction of sp³-hybridized carbons (Fsp3) is 0.333. The van der Waals surface area contributed by atoms with Crippen molar-refractivity contribution in [3.8, 4) is 0 Å². The maximum atomic E-state index is 12.1. The number of hydrogen-bond donors (Lipinski definition) is 3. The summed E-state index contributed by atoms with van der Waals surface area (Å²) in [6.45, 7) is 4.46. The average molecular weight is 295 g/mol. The van der Waals surface area contributed by atoms with E-state index in [-0.39, 0.29) is 11.9 Å².